The van der Waals surface area contributed by atoms with Gasteiger partial charge in [-0.3, -0.25) is 18.9 Å². The van der Waals surface area contributed by atoms with Crippen LogP contribution in [0.4, 0.5) is 0 Å². The van der Waals surface area contributed by atoms with Crippen molar-refractivity contribution in [3.8, 4) is 0 Å². The smallest absolute Gasteiger partial charge is 0.345 e. The Morgan fingerprint density at radius 1 is 1.37 bits per heavy atom. The number of aromatic nitrogens is 2. The van der Waals surface area contributed by atoms with Crippen molar-refractivity contribution >= 4 is 15.6 Å². The van der Waals surface area contributed by atoms with E-state index >= 15 is 0 Å². The average Bonchev–Trinajstić information content (AvgIpc) is 2.86. The van der Waals surface area contributed by atoms with E-state index in [-0.39, 0.29) is 12.8 Å². The first-order chi connectivity index (χ1) is 12.3. The van der Waals surface area contributed by atoms with Gasteiger partial charge in [0.05, 0.1) is 6.10 Å². The number of phosphoric acid groups is 2. The molecule has 1 saturated heterocycles. The minimum atomic E-state index is -5.27. The van der Waals surface area contributed by atoms with Gasteiger partial charge < -0.3 is 24.2 Å². The normalized spacial score (nSPS) is 25.6. The van der Waals surface area contributed by atoms with Gasteiger partial charge in [-0.25, -0.2) is 13.9 Å². The molecule has 1 aromatic rings. The highest BCUT2D eigenvalue weighted by molar-refractivity contribution is 7.60. The summed E-state index contributed by atoms with van der Waals surface area (Å²) in [6, 6.07) is 1.13. The molecule has 15 heteroatoms. The van der Waals surface area contributed by atoms with E-state index in [0.717, 1.165) is 10.6 Å². The lowest BCUT2D eigenvalue weighted by Gasteiger charge is -2.31. The fourth-order valence-electron chi connectivity index (χ4n) is 2.55. The molecule has 1 aliphatic rings. The van der Waals surface area contributed by atoms with E-state index in [1.165, 1.54) is 6.20 Å². The fraction of sp³-hybridized carbons (Fsp3) is 0.667. The highest BCUT2D eigenvalue weighted by Gasteiger charge is 2.46. The van der Waals surface area contributed by atoms with Gasteiger partial charge in [0.15, 0.2) is 5.79 Å². The third-order valence-corrected chi connectivity index (χ3v) is 5.52. The standard InChI is InChI=1S/C12H20N2O11P2/c1-8(2)23-12(7-22-27(20,21)25-26(17,18)19)5-3-10(24-12)14-6-4-9(15)13-11(14)16/h4,6,8,10H,3,5,7H2,1-2H3,(H,20,21)(H,13,15,16)(H2,17,18,19). The van der Waals surface area contributed by atoms with Crippen molar-refractivity contribution in [2.24, 2.45) is 0 Å². The van der Waals surface area contributed by atoms with Crippen LogP contribution in [0, 0.1) is 0 Å². The second-order valence-corrected chi connectivity index (χ2v) is 8.85. The number of hydrogen-bond donors (Lipinski definition) is 4. The lowest BCUT2D eigenvalue weighted by molar-refractivity contribution is -0.267. The predicted octanol–water partition coefficient (Wildman–Crippen LogP) is 0.193. The molecule has 2 rings (SSSR count). The summed E-state index contributed by atoms with van der Waals surface area (Å²) < 4.78 is 43.2. The number of phosphoric ester groups is 1. The summed E-state index contributed by atoms with van der Waals surface area (Å²) in [6.45, 7) is 2.62. The molecule has 1 aromatic heterocycles. The zero-order valence-corrected chi connectivity index (χ0v) is 16.2. The number of H-pyrrole nitrogens is 1. The number of rotatable bonds is 8. The molecule has 0 saturated carbocycles. The molecule has 1 aliphatic heterocycles. The fourth-order valence-corrected chi connectivity index (χ4v) is 4.18. The van der Waals surface area contributed by atoms with Crippen LogP contribution in [0.3, 0.4) is 0 Å². The molecule has 27 heavy (non-hydrogen) atoms. The van der Waals surface area contributed by atoms with Gasteiger partial charge in [0.1, 0.15) is 12.8 Å². The van der Waals surface area contributed by atoms with Gasteiger partial charge in [-0.15, -0.1) is 0 Å². The number of nitrogens with one attached hydrogen (secondary N) is 1. The molecule has 154 valence electrons. The van der Waals surface area contributed by atoms with Gasteiger partial charge in [0, 0.05) is 18.7 Å². The average molecular weight is 430 g/mol. The molecule has 4 N–H and O–H groups in total. The highest BCUT2D eigenvalue weighted by atomic mass is 31.3. The molecular formula is C12H20N2O11P2. The maximum atomic E-state index is 11.9. The second kappa shape index (κ2) is 8.08. The van der Waals surface area contributed by atoms with Gasteiger partial charge in [-0.2, -0.15) is 4.31 Å². The monoisotopic (exact) mass is 430 g/mol. The van der Waals surface area contributed by atoms with Crippen molar-refractivity contribution in [2.45, 2.75) is 44.8 Å². The van der Waals surface area contributed by atoms with Crippen molar-refractivity contribution in [1.82, 2.24) is 9.55 Å². The van der Waals surface area contributed by atoms with Gasteiger partial charge in [0.25, 0.3) is 5.56 Å². The molecule has 0 amide bonds. The summed E-state index contributed by atoms with van der Waals surface area (Å²) in [5.41, 5.74) is -1.30. The zero-order chi connectivity index (χ0) is 20.5. The molecule has 3 atom stereocenters. The quantitative estimate of drug-likeness (QED) is 0.412. The van der Waals surface area contributed by atoms with Crippen LogP contribution in [0.15, 0.2) is 21.9 Å². The van der Waals surface area contributed by atoms with Crippen LogP contribution in [-0.4, -0.2) is 42.7 Å². The summed E-state index contributed by atoms with van der Waals surface area (Å²) in [7, 11) is -10.4. The topological polar surface area (TPSA) is 187 Å². The van der Waals surface area contributed by atoms with E-state index in [4.69, 9.17) is 19.3 Å². The molecule has 2 heterocycles. The maximum absolute atomic E-state index is 11.9. The predicted molar refractivity (Wildman–Crippen MR) is 88.5 cm³/mol. The molecule has 0 aliphatic carbocycles. The summed E-state index contributed by atoms with van der Waals surface area (Å²) >= 11 is 0. The Labute approximate surface area is 152 Å². The van der Waals surface area contributed by atoms with Gasteiger partial charge in [-0.05, 0) is 20.3 Å². The lowest BCUT2D eigenvalue weighted by atomic mass is 10.2. The Balaban J connectivity index is 2.18. The minimum Gasteiger partial charge on any atom is -0.345 e. The number of hydrogen-bond acceptors (Lipinski definition) is 8. The van der Waals surface area contributed by atoms with Crippen LogP contribution in [0.1, 0.15) is 32.9 Å². The van der Waals surface area contributed by atoms with Crippen molar-refractivity contribution in [2.75, 3.05) is 6.61 Å². The Kier molecular flexibility index (Phi) is 6.63. The molecule has 0 spiro atoms. The first-order valence-electron chi connectivity index (χ1n) is 7.72. The van der Waals surface area contributed by atoms with E-state index in [1.807, 2.05) is 0 Å². The van der Waals surface area contributed by atoms with Gasteiger partial charge in [0.2, 0.25) is 0 Å². The van der Waals surface area contributed by atoms with Crippen molar-refractivity contribution in [3.63, 3.8) is 0 Å². The molecule has 0 radical (unpaired) electrons. The van der Waals surface area contributed by atoms with Crippen LogP contribution in [0.2, 0.25) is 0 Å². The van der Waals surface area contributed by atoms with E-state index in [9.17, 15) is 23.6 Å². The highest BCUT2D eigenvalue weighted by Crippen LogP contribution is 2.58. The first kappa shape index (κ1) is 22.2. The van der Waals surface area contributed by atoms with Crippen molar-refractivity contribution in [1.29, 1.82) is 0 Å². The SMILES string of the molecule is CC(C)OC1(COP(=O)(O)OP(=O)(O)O)CCC(n2ccc(=O)[nH]c2=O)O1. The van der Waals surface area contributed by atoms with Gasteiger partial charge in [-0.1, -0.05) is 0 Å². The Morgan fingerprint density at radius 3 is 2.59 bits per heavy atom. The number of aromatic amines is 1. The maximum Gasteiger partial charge on any atom is 0.481 e. The molecule has 0 bridgehead atoms. The lowest BCUT2D eigenvalue weighted by Crippen LogP contribution is -2.40. The van der Waals surface area contributed by atoms with E-state index in [0.29, 0.717) is 0 Å². The second-order valence-electron chi connectivity index (χ2n) is 6.02. The molecule has 0 aromatic carbocycles. The van der Waals surface area contributed by atoms with Crippen molar-refractivity contribution in [3.05, 3.63) is 33.1 Å². The van der Waals surface area contributed by atoms with Crippen LogP contribution >= 0.6 is 15.6 Å². The Hall–Kier alpha value is -1.14. The van der Waals surface area contributed by atoms with E-state index in [1.54, 1.807) is 13.8 Å². The Morgan fingerprint density at radius 2 is 2.04 bits per heavy atom. The third-order valence-electron chi connectivity index (χ3n) is 3.39. The van der Waals surface area contributed by atoms with Crippen LogP contribution < -0.4 is 11.2 Å². The van der Waals surface area contributed by atoms with Crippen LogP contribution in [-0.2, 0) is 27.4 Å². The first-order valence-corrected chi connectivity index (χ1v) is 10.7. The van der Waals surface area contributed by atoms with Crippen molar-refractivity contribution < 1.29 is 42.1 Å². The molecule has 3 unspecified atom stereocenters. The van der Waals surface area contributed by atoms with E-state index in [2.05, 4.69) is 13.8 Å². The van der Waals surface area contributed by atoms with Crippen LogP contribution in [0.5, 0.6) is 0 Å². The molecule has 1 fully saturated rings. The van der Waals surface area contributed by atoms with Crippen LogP contribution in [0.25, 0.3) is 0 Å². The summed E-state index contributed by atoms with van der Waals surface area (Å²) in [4.78, 5) is 51.9. The van der Waals surface area contributed by atoms with Gasteiger partial charge >= 0.3 is 21.3 Å². The molecule has 13 nitrogen and oxygen atoms in total. The number of ether oxygens (including phenoxy) is 2. The molecular weight excluding hydrogens is 410 g/mol. The van der Waals surface area contributed by atoms with E-state index < -0.39 is 51.6 Å². The summed E-state index contributed by atoms with van der Waals surface area (Å²) in [5, 5.41) is 0. The Bertz CT molecular complexity index is 875. The summed E-state index contributed by atoms with van der Waals surface area (Å²) in [5.74, 6) is -1.58. The third kappa shape index (κ3) is 6.46. The number of nitrogens with zero attached hydrogens (tertiary/aromatic N) is 1. The minimum absolute atomic E-state index is 0.122. The zero-order valence-electron chi connectivity index (χ0n) is 14.4. The summed E-state index contributed by atoms with van der Waals surface area (Å²) in [6.07, 6.45) is 0.304. The largest absolute Gasteiger partial charge is 0.481 e.